The molecule has 0 unspecified atom stereocenters. The predicted octanol–water partition coefficient (Wildman–Crippen LogP) is 3.69. The number of carbonyl (C=O) groups excluding carboxylic acids is 1. The number of carbonyl (C=O) groups is 1. The summed E-state index contributed by atoms with van der Waals surface area (Å²) in [5, 5.41) is 8.08. The van der Waals surface area contributed by atoms with Gasteiger partial charge in [0.05, 0.1) is 5.69 Å². The Morgan fingerprint density at radius 1 is 1.09 bits per heavy atom. The lowest BCUT2D eigenvalue weighted by molar-refractivity contribution is 0.101. The number of fused-ring (bicyclic) bond motifs is 1. The molecule has 0 spiro atoms. The fourth-order valence-corrected chi connectivity index (χ4v) is 3.16. The van der Waals surface area contributed by atoms with Gasteiger partial charge in [-0.1, -0.05) is 18.2 Å². The second-order valence-electron chi connectivity index (χ2n) is 5.96. The minimum absolute atomic E-state index is 0.0656. The lowest BCUT2D eigenvalue weighted by Crippen LogP contribution is -2.18. The van der Waals surface area contributed by atoms with Crippen molar-refractivity contribution in [1.29, 1.82) is 0 Å². The van der Waals surface area contributed by atoms with Gasteiger partial charge in [-0.15, -0.1) is 0 Å². The van der Waals surface area contributed by atoms with Crippen LogP contribution in [0.2, 0.25) is 0 Å². The van der Waals surface area contributed by atoms with Crippen molar-refractivity contribution >= 4 is 22.5 Å². The topological polar surface area (TPSA) is 59.2 Å². The van der Waals surface area contributed by atoms with Crippen LogP contribution in [-0.4, -0.2) is 29.2 Å². The Balaban J connectivity index is 1.87. The number of Topliss-reactive ketones (excluding diaryl/α,β-unsaturated/α-hetero) is 1. The zero-order valence-corrected chi connectivity index (χ0v) is 13.0. The molecule has 0 aliphatic carbocycles. The molecule has 0 bridgehead atoms. The minimum Gasteiger partial charge on any atom is -0.370 e. The van der Waals surface area contributed by atoms with Crippen LogP contribution < -0.4 is 4.90 Å². The van der Waals surface area contributed by atoms with E-state index in [0.717, 1.165) is 40.9 Å². The highest BCUT2D eigenvalue weighted by molar-refractivity contribution is 5.97. The summed E-state index contributed by atoms with van der Waals surface area (Å²) in [6.45, 7) is 3.64. The van der Waals surface area contributed by atoms with Gasteiger partial charge in [0.2, 0.25) is 0 Å². The van der Waals surface area contributed by atoms with Gasteiger partial charge in [0.1, 0.15) is 5.52 Å². The number of hydrogen-bond acceptors (Lipinski definition) is 5. The van der Waals surface area contributed by atoms with Gasteiger partial charge in [0.15, 0.2) is 11.3 Å². The third kappa shape index (κ3) is 2.48. The molecule has 0 saturated carbocycles. The Bertz CT molecular complexity index is 879. The maximum Gasteiger partial charge on any atom is 0.159 e. The molecule has 0 atom stereocenters. The number of anilines is 1. The Hall–Kier alpha value is -2.69. The lowest BCUT2D eigenvalue weighted by atomic mass is 10.0. The van der Waals surface area contributed by atoms with Crippen LogP contribution >= 0.6 is 0 Å². The SMILES string of the molecule is CC(=O)c1cccc(-c2cc(N3CCCC3)c3nonc3c2)c1. The van der Waals surface area contributed by atoms with Gasteiger partial charge in [-0.05, 0) is 59.4 Å². The van der Waals surface area contributed by atoms with Crippen molar-refractivity contribution in [2.75, 3.05) is 18.0 Å². The third-order valence-electron chi connectivity index (χ3n) is 4.39. The Labute approximate surface area is 133 Å². The van der Waals surface area contributed by atoms with E-state index in [1.165, 1.54) is 12.8 Å². The average molecular weight is 307 g/mol. The van der Waals surface area contributed by atoms with Crippen molar-refractivity contribution in [1.82, 2.24) is 10.3 Å². The molecule has 4 rings (SSSR count). The Kier molecular flexibility index (Phi) is 3.33. The molecule has 1 saturated heterocycles. The summed E-state index contributed by atoms with van der Waals surface area (Å²) in [6, 6.07) is 11.8. The van der Waals surface area contributed by atoms with Crippen molar-refractivity contribution in [3.8, 4) is 11.1 Å². The highest BCUT2D eigenvalue weighted by atomic mass is 16.6. The van der Waals surface area contributed by atoms with E-state index in [4.69, 9.17) is 4.63 Å². The number of rotatable bonds is 3. The van der Waals surface area contributed by atoms with Crippen molar-refractivity contribution in [3.63, 3.8) is 0 Å². The molecule has 0 amide bonds. The molecule has 5 nitrogen and oxygen atoms in total. The van der Waals surface area contributed by atoms with E-state index in [9.17, 15) is 4.79 Å². The minimum atomic E-state index is 0.0656. The normalized spacial score (nSPS) is 14.6. The summed E-state index contributed by atoms with van der Waals surface area (Å²) < 4.78 is 4.94. The van der Waals surface area contributed by atoms with Crippen LogP contribution in [0, 0.1) is 0 Å². The summed E-state index contributed by atoms with van der Waals surface area (Å²) >= 11 is 0. The van der Waals surface area contributed by atoms with Gasteiger partial charge in [-0.25, -0.2) is 4.63 Å². The van der Waals surface area contributed by atoms with Crippen molar-refractivity contribution in [3.05, 3.63) is 42.0 Å². The number of ketones is 1. The van der Waals surface area contributed by atoms with Gasteiger partial charge >= 0.3 is 0 Å². The van der Waals surface area contributed by atoms with Crippen LogP contribution in [0.25, 0.3) is 22.2 Å². The first kappa shape index (κ1) is 13.9. The molecule has 5 heteroatoms. The van der Waals surface area contributed by atoms with Gasteiger partial charge in [0.25, 0.3) is 0 Å². The van der Waals surface area contributed by atoms with Crippen molar-refractivity contribution in [2.24, 2.45) is 0 Å². The first-order valence-corrected chi connectivity index (χ1v) is 7.85. The van der Waals surface area contributed by atoms with Gasteiger partial charge < -0.3 is 4.90 Å². The molecule has 0 N–H and O–H groups in total. The first-order valence-electron chi connectivity index (χ1n) is 7.85. The quantitative estimate of drug-likeness (QED) is 0.691. The number of nitrogens with zero attached hydrogens (tertiary/aromatic N) is 3. The van der Waals surface area contributed by atoms with Crippen LogP contribution in [0.5, 0.6) is 0 Å². The number of aromatic nitrogens is 2. The highest BCUT2D eigenvalue weighted by Crippen LogP contribution is 2.33. The van der Waals surface area contributed by atoms with E-state index in [1.807, 2.05) is 30.3 Å². The van der Waals surface area contributed by atoms with Crippen LogP contribution in [0.1, 0.15) is 30.1 Å². The van der Waals surface area contributed by atoms with E-state index in [2.05, 4.69) is 21.3 Å². The van der Waals surface area contributed by atoms with E-state index in [0.29, 0.717) is 5.56 Å². The second kappa shape index (κ2) is 5.50. The largest absolute Gasteiger partial charge is 0.370 e. The molecule has 116 valence electrons. The summed E-state index contributed by atoms with van der Waals surface area (Å²) in [6.07, 6.45) is 2.38. The molecule has 0 radical (unpaired) electrons. The number of hydrogen-bond donors (Lipinski definition) is 0. The first-order chi connectivity index (χ1) is 11.2. The molecule has 1 aliphatic heterocycles. The average Bonchev–Trinajstić information content (AvgIpc) is 3.25. The monoisotopic (exact) mass is 307 g/mol. The zero-order valence-electron chi connectivity index (χ0n) is 13.0. The predicted molar refractivity (Wildman–Crippen MR) is 88.7 cm³/mol. The summed E-state index contributed by atoms with van der Waals surface area (Å²) in [4.78, 5) is 14.0. The van der Waals surface area contributed by atoms with E-state index in [1.54, 1.807) is 6.92 Å². The van der Waals surface area contributed by atoms with E-state index >= 15 is 0 Å². The molecule has 3 aromatic rings. The summed E-state index contributed by atoms with van der Waals surface area (Å²) in [5.41, 5.74) is 5.35. The molecule has 1 aromatic heterocycles. The van der Waals surface area contributed by atoms with Crippen molar-refractivity contribution in [2.45, 2.75) is 19.8 Å². The van der Waals surface area contributed by atoms with Crippen LogP contribution in [0.4, 0.5) is 5.69 Å². The second-order valence-corrected chi connectivity index (χ2v) is 5.96. The van der Waals surface area contributed by atoms with Crippen LogP contribution in [0.3, 0.4) is 0 Å². The third-order valence-corrected chi connectivity index (χ3v) is 4.39. The molecular formula is C18H17N3O2. The van der Waals surface area contributed by atoms with Gasteiger partial charge in [-0.3, -0.25) is 4.79 Å². The Morgan fingerprint density at radius 2 is 1.91 bits per heavy atom. The molecule has 1 fully saturated rings. The van der Waals surface area contributed by atoms with Gasteiger partial charge in [-0.2, -0.15) is 0 Å². The van der Waals surface area contributed by atoms with Crippen LogP contribution in [0.15, 0.2) is 41.0 Å². The summed E-state index contributed by atoms with van der Waals surface area (Å²) in [5.74, 6) is 0.0656. The Morgan fingerprint density at radius 3 is 2.70 bits per heavy atom. The zero-order chi connectivity index (χ0) is 15.8. The molecular weight excluding hydrogens is 290 g/mol. The summed E-state index contributed by atoms with van der Waals surface area (Å²) in [7, 11) is 0. The molecule has 1 aliphatic rings. The smallest absolute Gasteiger partial charge is 0.159 e. The maximum absolute atomic E-state index is 11.6. The van der Waals surface area contributed by atoms with Crippen LogP contribution in [-0.2, 0) is 0 Å². The van der Waals surface area contributed by atoms with Gasteiger partial charge in [0, 0.05) is 18.7 Å². The van der Waals surface area contributed by atoms with Crippen molar-refractivity contribution < 1.29 is 9.42 Å². The molecule has 23 heavy (non-hydrogen) atoms. The highest BCUT2D eigenvalue weighted by Gasteiger charge is 2.19. The fraction of sp³-hybridized carbons (Fsp3) is 0.278. The lowest BCUT2D eigenvalue weighted by Gasteiger charge is -2.18. The fourth-order valence-electron chi connectivity index (χ4n) is 3.16. The standard InChI is InChI=1S/C18H17N3O2/c1-12(22)13-5-4-6-14(9-13)15-10-16-18(20-23-19-16)17(11-15)21-7-2-3-8-21/h4-6,9-11H,2-3,7-8H2,1H3. The maximum atomic E-state index is 11.6. The molecule has 2 aromatic carbocycles. The van der Waals surface area contributed by atoms with E-state index < -0.39 is 0 Å². The molecule has 2 heterocycles. The number of benzene rings is 2. The van der Waals surface area contributed by atoms with E-state index in [-0.39, 0.29) is 5.78 Å².